The van der Waals surface area contributed by atoms with Crippen molar-refractivity contribution in [1.29, 1.82) is 0 Å². The van der Waals surface area contributed by atoms with Crippen molar-refractivity contribution in [2.45, 2.75) is 58.0 Å². The van der Waals surface area contributed by atoms with E-state index in [2.05, 4.69) is 11.4 Å². The van der Waals surface area contributed by atoms with Gasteiger partial charge in [-0.2, -0.15) is 0 Å². The van der Waals surface area contributed by atoms with Gasteiger partial charge in [0.25, 0.3) is 0 Å². The Morgan fingerprint density at radius 2 is 1.97 bits per heavy atom. The van der Waals surface area contributed by atoms with Crippen LogP contribution in [0.25, 0.3) is 10.9 Å². The maximum atomic E-state index is 14.2. The van der Waals surface area contributed by atoms with Gasteiger partial charge in [-0.25, -0.2) is 4.39 Å². The number of esters is 1. The van der Waals surface area contributed by atoms with E-state index in [1.807, 2.05) is 16.7 Å². The fraction of sp³-hybridized carbons (Fsp3) is 0.429. The largest absolute Gasteiger partial charge is 0.496 e. The van der Waals surface area contributed by atoms with Crippen molar-refractivity contribution in [3.05, 3.63) is 64.6 Å². The summed E-state index contributed by atoms with van der Waals surface area (Å²) in [6, 6.07) is 10.7. The number of hydrogen-bond donors (Lipinski definition) is 1. The molecule has 1 amide bonds. The number of benzene rings is 2. The maximum absolute atomic E-state index is 14.2. The monoisotopic (exact) mass is 478 g/mol. The van der Waals surface area contributed by atoms with Crippen LogP contribution in [-0.2, 0) is 46.6 Å². The minimum absolute atomic E-state index is 0.0287. The highest BCUT2D eigenvalue weighted by atomic mass is 19.1. The molecule has 0 bridgehead atoms. The first-order chi connectivity index (χ1) is 17.0. The predicted octanol–water partition coefficient (Wildman–Crippen LogP) is 4.13. The molecule has 1 aromatic heterocycles. The molecule has 2 aliphatic rings. The first-order valence-corrected chi connectivity index (χ1v) is 12.4. The fourth-order valence-corrected chi connectivity index (χ4v) is 5.75. The molecule has 7 heteroatoms. The van der Waals surface area contributed by atoms with Gasteiger partial charge in [0.05, 0.1) is 13.7 Å². The van der Waals surface area contributed by atoms with E-state index in [0.29, 0.717) is 25.9 Å². The number of aryl methyl sites for hydroxylation is 1. The standard InChI is InChI=1S/C28H31FN2O4/c1-3-35-27(32)16-31-24-11-9-19(29)14-22(24)23-15-20(10-12-25(23)31)30-28(33)18-8-7-17-5-4-6-26(34-2)21(17)13-18/h4-6,9,11,14,18,20H,3,7-8,10,12-13,15-16H2,1-2H3,(H,30,33)/t18?,20-/m0/s1. The smallest absolute Gasteiger partial charge is 0.325 e. The van der Waals surface area contributed by atoms with Gasteiger partial charge in [0.2, 0.25) is 5.91 Å². The van der Waals surface area contributed by atoms with Crippen LogP contribution < -0.4 is 10.1 Å². The van der Waals surface area contributed by atoms with Crippen LogP contribution in [0.2, 0.25) is 0 Å². The molecular weight excluding hydrogens is 447 g/mol. The van der Waals surface area contributed by atoms with E-state index in [9.17, 15) is 14.0 Å². The van der Waals surface area contributed by atoms with Crippen LogP contribution in [0.15, 0.2) is 36.4 Å². The molecule has 1 heterocycles. The van der Waals surface area contributed by atoms with E-state index in [4.69, 9.17) is 9.47 Å². The SMILES string of the molecule is CCOC(=O)Cn1c2c(c3cc(F)ccc31)C[C@@H](NC(=O)C1CCc3cccc(OC)c3C1)CC2. The second kappa shape index (κ2) is 9.72. The number of nitrogens with one attached hydrogen (secondary N) is 1. The van der Waals surface area contributed by atoms with Crippen LogP contribution in [0.5, 0.6) is 5.75 Å². The van der Waals surface area contributed by atoms with Gasteiger partial charge in [0, 0.05) is 28.6 Å². The molecule has 2 aliphatic carbocycles. The molecule has 0 saturated heterocycles. The van der Waals surface area contributed by atoms with Crippen LogP contribution in [0, 0.1) is 11.7 Å². The summed E-state index contributed by atoms with van der Waals surface area (Å²) in [5.41, 5.74) is 5.25. The number of ether oxygens (including phenoxy) is 2. The number of nitrogens with zero attached hydrogens (tertiary/aromatic N) is 1. The summed E-state index contributed by atoms with van der Waals surface area (Å²) in [5, 5.41) is 4.08. The highest BCUT2D eigenvalue weighted by Crippen LogP contribution is 2.35. The molecule has 3 aromatic rings. The highest BCUT2D eigenvalue weighted by Gasteiger charge is 2.31. The van der Waals surface area contributed by atoms with Gasteiger partial charge in [-0.05, 0) is 86.4 Å². The Morgan fingerprint density at radius 1 is 1.11 bits per heavy atom. The molecule has 0 spiro atoms. The molecule has 2 atom stereocenters. The Hall–Kier alpha value is -3.35. The summed E-state index contributed by atoms with van der Waals surface area (Å²) in [7, 11) is 1.67. The summed E-state index contributed by atoms with van der Waals surface area (Å²) in [4.78, 5) is 25.5. The van der Waals surface area contributed by atoms with Crippen molar-refractivity contribution in [1.82, 2.24) is 9.88 Å². The third-order valence-electron chi connectivity index (χ3n) is 7.40. The summed E-state index contributed by atoms with van der Waals surface area (Å²) in [6.07, 6.45) is 4.44. The zero-order valence-corrected chi connectivity index (χ0v) is 20.2. The number of aromatic nitrogens is 1. The third kappa shape index (κ3) is 4.51. The van der Waals surface area contributed by atoms with E-state index in [-0.39, 0.29) is 36.2 Å². The van der Waals surface area contributed by atoms with E-state index in [0.717, 1.165) is 52.7 Å². The average Bonchev–Trinajstić information content (AvgIpc) is 3.15. The van der Waals surface area contributed by atoms with Crippen molar-refractivity contribution in [3.8, 4) is 5.75 Å². The normalized spacial score (nSPS) is 19.1. The van der Waals surface area contributed by atoms with Gasteiger partial charge in [-0.15, -0.1) is 0 Å². The van der Waals surface area contributed by atoms with Gasteiger partial charge in [-0.1, -0.05) is 12.1 Å². The second-order valence-electron chi connectivity index (χ2n) is 9.46. The van der Waals surface area contributed by atoms with Gasteiger partial charge in [-0.3, -0.25) is 9.59 Å². The van der Waals surface area contributed by atoms with E-state index in [1.165, 1.54) is 17.7 Å². The number of hydrogen-bond acceptors (Lipinski definition) is 4. The van der Waals surface area contributed by atoms with E-state index in [1.54, 1.807) is 20.1 Å². The Balaban J connectivity index is 1.35. The molecule has 184 valence electrons. The van der Waals surface area contributed by atoms with Crippen LogP contribution in [0.4, 0.5) is 4.39 Å². The number of rotatable bonds is 6. The molecule has 0 radical (unpaired) electrons. The Kier molecular flexibility index (Phi) is 6.50. The van der Waals surface area contributed by atoms with Gasteiger partial charge in [0.1, 0.15) is 18.1 Å². The van der Waals surface area contributed by atoms with E-state index < -0.39 is 0 Å². The lowest BCUT2D eigenvalue weighted by Crippen LogP contribution is -2.43. The average molecular weight is 479 g/mol. The van der Waals surface area contributed by atoms with Crippen molar-refractivity contribution in [2.24, 2.45) is 5.92 Å². The number of carbonyl (C=O) groups excluding carboxylic acids is 2. The van der Waals surface area contributed by atoms with Crippen molar-refractivity contribution in [3.63, 3.8) is 0 Å². The summed E-state index contributed by atoms with van der Waals surface area (Å²) in [5.74, 6) is 0.201. The number of fused-ring (bicyclic) bond motifs is 4. The zero-order valence-electron chi connectivity index (χ0n) is 20.2. The lowest BCUT2D eigenvalue weighted by atomic mass is 9.82. The Bertz CT molecular complexity index is 1270. The van der Waals surface area contributed by atoms with Gasteiger partial charge in [0.15, 0.2) is 0 Å². The lowest BCUT2D eigenvalue weighted by Gasteiger charge is -2.29. The summed E-state index contributed by atoms with van der Waals surface area (Å²) >= 11 is 0. The lowest BCUT2D eigenvalue weighted by molar-refractivity contribution is -0.143. The fourth-order valence-electron chi connectivity index (χ4n) is 5.75. The van der Waals surface area contributed by atoms with Crippen LogP contribution in [0.3, 0.4) is 0 Å². The maximum Gasteiger partial charge on any atom is 0.325 e. The van der Waals surface area contributed by atoms with Crippen LogP contribution >= 0.6 is 0 Å². The molecule has 1 N–H and O–H groups in total. The molecule has 0 saturated carbocycles. The Labute approximate surface area is 204 Å². The second-order valence-corrected chi connectivity index (χ2v) is 9.46. The molecular formula is C28H31FN2O4. The topological polar surface area (TPSA) is 69.6 Å². The van der Waals surface area contributed by atoms with Crippen molar-refractivity contribution >= 4 is 22.8 Å². The first kappa shape index (κ1) is 23.4. The summed E-state index contributed by atoms with van der Waals surface area (Å²) < 4.78 is 26.8. The Morgan fingerprint density at radius 3 is 2.77 bits per heavy atom. The van der Waals surface area contributed by atoms with E-state index >= 15 is 0 Å². The number of methoxy groups -OCH3 is 1. The minimum Gasteiger partial charge on any atom is -0.496 e. The quantitative estimate of drug-likeness (QED) is 0.541. The zero-order chi connectivity index (χ0) is 24.5. The predicted molar refractivity (Wildman–Crippen MR) is 131 cm³/mol. The molecule has 2 aromatic carbocycles. The first-order valence-electron chi connectivity index (χ1n) is 12.4. The third-order valence-corrected chi connectivity index (χ3v) is 7.40. The van der Waals surface area contributed by atoms with Gasteiger partial charge >= 0.3 is 5.97 Å². The number of carbonyl (C=O) groups is 2. The van der Waals surface area contributed by atoms with Crippen LogP contribution in [-0.4, -0.2) is 36.2 Å². The molecule has 0 fully saturated rings. The molecule has 6 nitrogen and oxygen atoms in total. The molecule has 5 rings (SSSR count). The molecule has 35 heavy (non-hydrogen) atoms. The van der Waals surface area contributed by atoms with Gasteiger partial charge < -0.3 is 19.4 Å². The molecule has 1 unspecified atom stereocenters. The van der Waals surface area contributed by atoms with Crippen molar-refractivity contribution in [2.75, 3.05) is 13.7 Å². The number of halogens is 1. The number of amides is 1. The van der Waals surface area contributed by atoms with Crippen LogP contribution in [0.1, 0.15) is 42.1 Å². The molecule has 0 aliphatic heterocycles. The van der Waals surface area contributed by atoms with Crippen molar-refractivity contribution < 1.29 is 23.5 Å². The summed E-state index contributed by atoms with van der Waals surface area (Å²) in [6.45, 7) is 2.21. The minimum atomic E-state index is -0.311. The highest BCUT2D eigenvalue weighted by molar-refractivity contribution is 5.88.